The maximum Gasteiger partial charge on any atom is 0.271 e. The maximum absolute atomic E-state index is 12.4. The Morgan fingerprint density at radius 1 is 1.14 bits per heavy atom. The van der Waals surface area contributed by atoms with Crippen molar-refractivity contribution < 1.29 is 13.5 Å². The highest BCUT2D eigenvalue weighted by Gasteiger charge is 2.19. The van der Waals surface area contributed by atoms with E-state index in [2.05, 4.69) is 4.72 Å². The minimum atomic E-state index is -3.69. The lowest BCUT2D eigenvalue weighted by Gasteiger charge is -2.12. The molecular formula is C15H12ClNO3S2. The fraction of sp³-hybridized carbons (Fsp3) is 0.0667. The number of hydrogen-bond acceptors (Lipinski definition) is 4. The highest BCUT2D eigenvalue weighted by molar-refractivity contribution is 7.94. The third kappa shape index (κ3) is 2.65. The number of phenolic OH excluding ortho intramolecular Hbond substituents is 1. The van der Waals surface area contributed by atoms with Gasteiger partial charge < -0.3 is 5.11 Å². The summed E-state index contributed by atoms with van der Waals surface area (Å²) in [7, 11) is -3.69. The lowest BCUT2D eigenvalue weighted by Crippen LogP contribution is -2.11. The predicted molar refractivity (Wildman–Crippen MR) is 90.5 cm³/mol. The smallest absolute Gasteiger partial charge is 0.271 e. The molecule has 0 spiro atoms. The van der Waals surface area contributed by atoms with E-state index in [0.29, 0.717) is 16.5 Å². The molecule has 0 saturated heterocycles. The van der Waals surface area contributed by atoms with E-state index in [1.807, 2.05) is 6.92 Å². The van der Waals surface area contributed by atoms with E-state index < -0.39 is 10.0 Å². The van der Waals surface area contributed by atoms with Crippen LogP contribution >= 0.6 is 22.9 Å². The van der Waals surface area contributed by atoms with Gasteiger partial charge in [-0.1, -0.05) is 35.9 Å². The number of rotatable bonds is 3. The zero-order valence-electron chi connectivity index (χ0n) is 11.5. The number of fused-ring (bicyclic) bond motifs is 1. The Hall–Kier alpha value is -1.76. The summed E-state index contributed by atoms with van der Waals surface area (Å²) < 4.78 is 27.7. The van der Waals surface area contributed by atoms with Gasteiger partial charge >= 0.3 is 0 Å². The standard InChI is InChI=1S/C15H12ClNO3S2/c1-9-6-7-14(21-9)22(19,20)17-13-8-12(16)15(18)11-5-3-2-4-10(11)13/h2-8,17-18H,1H3. The van der Waals surface area contributed by atoms with Crippen molar-refractivity contribution in [1.29, 1.82) is 0 Å². The van der Waals surface area contributed by atoms with E-state index >= 15 is 0 Å². The lowest BCUT2D eigenvalue weighted by molar-refractivity contribution is 0.482. The minimum absolute atomic E-state index is 0.0628. The highest BCUT2D eigenvalue weighted by atomic mass is 35.5. The largest absolute Gasteiger partial charge is 0.506 e. The normalized spacial score (nSPS) is 11.7. The summed E-state index contributed by atoms with van der Waals surface area (Å²) in [5.74, 6) is -0.0628. The maximum atomic E-state index is 12.4. The predicted octanol–water partition coefficient (Wildman–Crippen LogP) is 4.37. The molecule has 0 radical (unpaired) electrons. The van der Waals surface area contributed by atoms with Crippen LogP contribution in [-0.4, -0.2) is 13.5 Å². The molecule has 0 aliphatic rings. The van der Waals surface area contributed by atoms with Crippen molar-refractivity contribution in [2.45, 2.75) is 11.1 Å². The number of sulfonamides is 1. The number of nitrogens with one attached hydrogen (secondary N) is 1. The number of hydrogen-bond donors (Lipinski definition) is 2. The highest BCUT2D eigenvalue weighted by Crippen LogP contribution is 2.38. The monoisotopic (exact) mass is 353 g/mol. The van der Waals surface area contributed by atoms with E-state index in [4.69, 9.17) is 11.6 Å². The molecule has 3 rings (SSSR count). The van der Waals surface area contributed by atoms with Crippen molar-refractivity contribution in [3.8, 4) is 5.75 Å². The molecule has 22 heavy (non-hydrogen) atoms. The molecule has 0 aliphatic carbocycles. The second kappa shape index (κ2) is 5.46. The van der Waals surface area contributed by atoms with Crippen molar-refractivity contribution in [2.75, 3.05) is 4.72 Å². The number of halogens is 1. The Labute approximate surface area is 137 Å². The van der Waals surface area contributed by atoms with Crippen molar-refractivity contribution in [3.63, 3.8) is 0 Å². The Bertz CT molecular complexity index is 964. The molecule has 2 aromatic carbocycles. The molecule has 4 nitrogen and oxygen atoms in total. The minimum Gasteiger partial charge on any atom is -0.506 e. The van der Waals surface area contributed by atoms with E-state index in [1.165, 1.54) is 17.4 Å². The van der Waals surface area contributed by atoms with Crippen LogP contribution in [0.1, 0.15) is 4.88 Å². The number of anilines is 1. The van der Waals surface area contributed by atoms with Gasteiger partial charge in [-0.05, 0) is 25.1 Å². The molecule has 2 N–H and O–H groups in total. The number of thiophene rings is 1. The summed E-state index contributed by atoms with van der Waals surface area (Å²) in [6.07, 6.45) is 0. The molecule has 0 aliphatic heterocycles. The summed E-state index contributed by atoms with van der Waals surface area (Å²) in [6.45, 7) is 1.84. The fourth-order valence-electron chi connectivity index (χ4n) is 2.16. The van der Waals surface area contributed by atoms with Gasteiger partial charge in [0.05, 0.1) is 10.7 Å². The van der Waals surface area contributed by atoms with Gasteiger partial charge in [0.15, 0.2) is 0 Å². The Kier molecular flexibility index (Phi) is 3.76. The average Bonchev–Trinajstić information content (AvgIpc) is 2.92. The summed E-state index contributed by atoms with van der Waals surface area (Å²) >= 11 is 7.18. The number of aromatic hydroxyl groups is 1. The van der Waals surface area contributed by atoms with Crippen LogP contribution < -0.4 is 4.72 Å². The molecule has 0 saturated carbocycles. The first-order chi connectivity index (χ1) is 10.4. The topological polar surface area (TPSA) is 66.4 Å². The van der Waals surface area contributed by atoms with Crippen LogP contribution in [-0.2, 0) is 10.0 Å². The molecule has 0 bridgehead atoms. The van der Waals surface area contributed by atoms with E-state index in [-0.39, 0.29) is 15.0 Å². The van der Waals surface area contributed by atoms with Crippen molar-refractivity contribution in [2.24, 2.45) is 0 Å². The second-order valence-corrected chi connectivity index (χ2v) is 8.38. The summed E-state index contributed by atoms with van der Waals surface area (Å²) in [5, 5.41) is 11.2. The number of benzene rings is 2. The molecule has 0 unspecified atom stereocenters. The van der Waals surface area contributed by atoms with Crippen LogP contribution in [0.25, 0.3) is 10.8 Å². The Morgan fingerprint density at radius 2 is 1.82 bits per heavy atom. The van der Waals surface area contributed by atoms with E-state index in [1.54, 1.807) is 36.4 Å². The first-order valence-corrected chi connectivity index (χ1v) is 9.06. The molecule has 7 heteroatoms. The van der Waals surface area contributed by atoms with Crippen LogP contribution in [0.15, 0.2) is 46.7 Å². The van der Waals surface area contributed by atoms with Gasteiger partial charge in [0.1, 0.15) is 9.96 Å². The molecule has 1 heterocycles. The van der Waals surface area contributed by atoms with Gasteiger partial charge in [0, 0.05) is 15.6 Å². The van der Waals surface area contributed by atoms with Crippen molar-refractivity contribution in [3.05, 3.63) is 52.4 Å². The van der Waals surface area contributed by atoms with Crippen molar-refractivity contribution in [1.82, 2.24) is 0 Å². The first kappa shape index (κ1) is 15.1. The zero-order valence-corrected chi connectivity index (χ0v) is 13.9. The SMILES string of the molecule is Cc1ccc(S(=O)(=O)Nc2cc(Cl)c(O)c3ccccc23)s1. The van der Waals surface area contributed by atoms with Crippen LogP contribution in [0, 0.1) is 6.92 Å². The molecule has 1 aromatic heterocycles. The van der Waals surface area contributed by atoms with Crippen LogP contribution in [0.2, 0.25) is 5.02 Å². The van der Waals surface area contributed by atoms with Gasteiger partial charge in [-0.15, -0.1) is 11.3 Å². The number of aryl methyl sites for hydroxylation is 1. The fourth-order valence-corrected chi connectivity index (χ4v) is 4.73. The third-order valence-corrected chi connectivity index (χ3v) is 6.34. The van der Waals surface area contributed by atoms with Gasteiger partial charge in [0.2, 0.25) is 0 Å². The van der Waals surface area contributed by atoms with Crippen molar-refractivity contribution >= 4 is 49.4 Å². The quantitative estimate of drug-likeness (QED) is 0.687. The van der Waals surface area contributed by atoms with Crippen LogP contribution in [0.4, 0.5) is 5.69 Å². The molecule has 3 aromatic rings. The lowest BCUT2D eigenvalue weighted by atomic mass is 10.1. The zero-order chi connectivity index (χ0) is 15.9. The Morgan fingerprint density at radius 3 is 2.45 bits per heavy atom. The van der Waals surface area contributed by atoms with Gasteiger partial charge in [-0.2, -0.15) is 0 Å². The molecule has 114 valence electrons. The van der Waals surface area contributed by atoms with Crippen LogP contribution in [0.3, 0.4) is 0 Å². The summed E-state index contributed by atoms with van der Waals surface area (Å²) in [6, 6.07) is 11.7. The van der Waals surface area contributed by atoms with Gasteiger partial charge in [0.25, 0.3) is 10.0 Å². The first-order valence-electron chi connectivity index (χ1n) is 6.38. The molecule has 0 fully saturated rings. The van der Waals surface area contributed by atoms with Gasteiger partial charge in [-0.25, -0.2) is 8.42 Å². The average molecular weight is 354 g/mol. The van der Waals surface area contributed by atoms with E-state index in [9.17, 15) is 13.5 Å². The second-order valence-electron chi connectivity index (χ2n) is 4.77. The molecule has 0 atom stereocenters. The third-order valence-electron chi connectivity index (χ3n) is 3.19. The molecular weight excluding hydrogens is 342 g/mol. The number of phenols is 1. The molecule has 0 amide bonds. The summed E-state index contributed by atoms with van der Waals surface area (Å²) in [4.78, 5) is 0.911. The van der Waals surface area contributed by atoms with Gasteiger partial charge in [-0.3, -0.25) is 4.72 Å². The van der Waals surface area contributed by atoms with Crippen LogP contribution in [0.5, 0.6) is 5.75 Å². The Balaban J connectivity index is 2.14. The van der Waals surface area contributed by atoms with E-state index in [0.717, 1.165) is 4.88 Å². The summed E-state index contributed by atoms with van der Waals surface area (Å²) in [5.41, 5.74) is 0.337.